The highest BCUT2D eigenvalue weighted by atomic mass is 16.2. The van der Waals surface area contributed by atoms with Gasteiger partial charge >= 0.3 is 0 Å². The second kappa shape index (κ2) is 7.84. The van der Waals surface area contributed by atoms with Crippen LogP contribution in [0.25, 0.3) is 17.0 Å². The predicted octanol–water partition coefficient (Wildman–Crippen LogP) is 5.25. The number of amides is 1. The van der Waals surface area contributed by atoms with Gasteiger partial charge in [0.15, 0.2) is 0 Å². The summed E-state index contributed by atoms with van der Waals surface area (Å²) in [5, 5.41) is 2.99. The molecule has 0 bridgehead atoms. The van der Waals surface area contributed by atoms with Crippen molar-refractivity contribution in [1.82, 2.24) is 14.4 Å². The lowest BCUT2D eigenvalue weighted by Gasteiger charge is -2.14. The van der Waals surface area contributed by atoms with Crippen LogP contribution in [-0.4, -0.2) is 26.0 Å². The number of carbonyl (C=O) groups is 1. The molecule has 3 aromatic carbocycles. The molecule has 1 aliphatic heterocycles. The Labute approximate surface area is 190 Å². The summed E-state index contributed by atoms with van der Waals surface area (Å²) < 4.78 is 1.89. The normalized spacial score (nSPS) is 15.5. The largest absolute Gasteiger partial charge is 0.325 e. The highest BCUT2D eigenvalue weighted by Gasteiger charge is 2.35. The van der Waals surface area contributed by atoms with Gasteiger partial charge in [-0.3, -0.25) is 14.2 Å². The summed E-state index contributed by atoms with van der Waals surface area (Å²) in [4.78, 5) is 26.8. The Morgan fingerprint density at radius 2 is 1.70 bits per heavy atom. The van der Waals surface area contributed by atoms with Crippen molar-refractivity contribution in [3.05, 3.63) is 115 Å². The summed E-state index contributed by atoms with van der Waals surface area (Å²) in [7, 11) is 0. The van der Waals surface area contributed by atoms with E-state index in [-0.39, 0.29) is 5.91 Å². The second-order valence-corrected chi connectivity index (χ2v) is 7.87. The Hall–Kier alpha value is -4.58. The molecule has 2 aromatic heterocycles. The fourth-order valence-electron chi connectivity index (χ4n) is 4.20. The van der Waals surface area contributed by atoms with Crippen LogP contribution in [0.5, 0.6) is 0 Å². The maximum Gasteiger partial charge on any atom is 0.238 e. The van der Waals surface area contributed by atoms with Crippen LogP contribution < -0.4 is 5.32 Å². The number of rotatable bonds is 4. The minimum Gasteiger partial charge on any atom is -0.325 e. The number of hydrogen-bond donors (Lipinski definition) is 1. The Morgan fingerprint density at radius 1 is 0.909 bits per heavy atom. The first kappa shape index (κ1) is 19.1. The van der Waals surface area contributed by atoms with Gasteiger partial charge in [0.2, 0.25) is 11.7 Å². The molecule has 5 aromatic rings. The maximum atomic E-state index is 13.0. The average molecular weight is 429 g/mol. The van der Waals surface area contributed by atoms with Gasteiger partial charge in [-0.2, -0.15) is 0 Å². The Kier molecular flexibility index (Phi) is 4.54. The molecule has 1 unspecified atom stereocenters. The molecule has 6 rings (SSSR count). The van der Waals surface area contributed by atoms with E-state index >= 15 is 0 Å². The van der Waals surface area contributed by atoms with Gasteiger partial charge in [-0.25, -0.2) is 9.97 Å². The number of carbonyl (C=O) groups excluding carboxylic acids is 1. The van der Waals surface area contributed by atoms with Crippen molar-refractivity contribution in [2.24, 2.45) is 4.99 Å². The zero-order valence-corrected chi connectivity index (χ0v) is 17.6. The standard InChI is InChI=1S/C27H19N5O/c33-26-24(21-9-4-5-10-22(21)30-26)25(19-7-2-1-3-8-19)29-20-13-11-18(12-14-20)23-17-32-16-6-15-28-27(32)31-23/h1-17,24H,(H,30,33). The van der Waals surface area contributed by atoms with Gasteiger partial charge < -0.3 is 5.32 Å². The molecule has 0 fully saturated rings. The van der Waals surface area contributed by atoms with Gasteiger partial charge in [0.25, 0.3) is 0 Å². The molecule has 0 radical (unpaired) electrons. The summed E-state index contributed by atoms with van der Waals surface area (Å²) in [5.74, 6) is 0.132. The monoisotopic (exact) mass is 429 g/mol. The van der Waals surface area contributed by atoms with Crippen molar-refractivity contribution >= 4 is 28.8 Å². The molecular formula is C27H19N5O. The molecule has 0 saturated carbocycles. The highest BCUT2D eigenvalue weighted by Crippen LogP contribution is 2.36. The number of fused-ring (bicyclic) bond motifs is 2. The van der Waals surface area contributed by atoms with Crippen molar-refractivity contribution in [1.29, 1.82) is 0 Å². The third-order valence-electron chi connectivity index (χ3n) is 5.78. The second-order valence-electron chi connectivity index (χ2n) is 7.87. The Balaban J connectivity index is 1.41. The van der Waals surface area contributed by atoms with Gasteiger partial charge in [-0.1, -0.05) is 60.7 Å². The van der Waals surface area contributed by atoms with Crippen LogP contribution >= 0.6 is 0 Å². The van der Waals surface area contributed by atoms with Crippen molar-refractivity contribution in [3.63, 3.8) is 0 Å². The van der Waals surface area contributed by atoms with E-state index in [1.165, 1.54) is 0 Å². The minimum absolute atomic E-state index is 0.0624. The summed E-state index contributed by atoms with van der Waals surface area (Å²) >= 11 is 0. The summed E-state index contributed by atoms with van der Waals surface area (Å²) in [6.45, 7) is 0. The van der Waals surface area contributed by atoms with Crippen LogP contribution in [0.2, 0.25) is 0 Å². The van der Waals surface area contributed by atoms with Crippen LogP contribution in [0.1, 0.15) is 17.0 Å². The molecule has 3 heterocycles. The molecule has 1 aliphatic rings. The predicted molar refractivity (Wildman–Crippen MR) is 129 cm³/mol. The number of para-hydroxylation sites is 1. The lowest BCUT2D eigenvalue weighted by atomic mass is 9.90. The number of aromatic nitrogens is 3. The molecule has 6 nitrogen and oxygen atoms in total. The molecule has 1 amide bonds. The zero-order chi connectivity index (χ0) is 22.2. The third kappa shape index (κ3) is 3.47. The van der Waals surface area contributed by atoms with Crippen molar-refractivity contribution in [3.8, 4) is 11.3 Å². The molecule has 0 spiro atoms. The van der Waals surface area contributed by atoms with E-state index in [0.717, 1.165) is 39.5 Å². The van der Waals surface area contributed by atoms with Gasteiger partial charge in [0.05, 0.1) is 17.1 Å². The molecule has 0 saturated heterocycles. The van der Waals surface area contributed by atoms with E-state index in [1.807, 2.05) is 102 Å². The molecule has 33 heavy (non-hydrogen) atoms. The van der Waals surface area contributed by atoms with Crippen molar-refractivity contribution in [2.45, 2.75) is 5.92 Å². The van der Waals surface area contributed by atoms with Crippen molar-refractivity contribution < 1.29 is 4.79 Å². The number of anilines is 1. The Bertz CT molecular complexity index is 1470. The third-order valence-corrected chi connectivity index (χ3v) is 5.78. The van der Waals surface area contributed by atoms with E-state index in [0.29, 0.717) is 5.78 Å². The van der Waals surface area contributed by atoms with E-state index < -0.39 is 5.92 Å². The van der Waals surface area contributed by atoms with Gasteiger partial charge in [0, 0.05) is 29.8 Å². The highest BCUT2D eigenvalue weighted by molar-refractivity contribution is 6.24. The first-order valence-electron chi connectivity index (χ1n) is 10.7. The summed E-state index contributed by atoms with van der Waals surface area (Å²) in [6, 6.07) is 27.4. The number of benzene rings is 3. The molecule has 0 aliphatic carbocycles. The molecule has 1 N–H and O–H groups in total. The first-order chi connectivity index (χ1) is 16.3. The van der Waals surface area contributed by atoms with Crippen molar-refractivity contribution in [2.75, 3.05) is 5.32 Å². The van der Waals surface area contributed by atoms with E-state index in [4.69, 9.17) is 4.99 Å². The SMILES string of the molecule is O=C1Nc2ccccc2C1C(=Nc1ccc(-c2cn3cccnc3n2)cc1)c1ccccc1. The van der Waals surface area contributed by atoms with Gasteiger partial charge in [0.1, 0.15) is 5.92 Å². The lowest BCUT2D eigenvalue weighted by molar-refractivity contribution is -0.115. The Morgan fingerprint density at radius 3 is 2.52 bits per heavy atom. The molecule has 158 valence electrons. The number of imidazole rings is 1. The van der Waals surface area contributed by atoms with Gasteiger partial charge in [-0.15, -0.1) is 0 Å². The van der Waals surface area contributed by atoms with E-state index in [1.54, 1.807) is 6.20 Å². The minimum atomic E-state index is -0.465. The average Bonchev–Trinajstić information content (AvgIpc) is 3.44. The lowest BCUT2D eigenvalue weighted by Crippen LogP contribution is -2.21. The first-order valence-corrected chi connectivity index (χ1v) is 10.7. The summed E-state index contributed by atoms with van der Waals surface area (Å²) in [6.07, 6.45) is 5.61. The van der Waals surface area contributed by atoms with Crippen LogP contribution in [-0.2, 0) is 4.79 Å². The molecule has 1 atom stereocenters. The number of nitrogens with one attached hydrogen (secondary N) is 1. The molecular weight excluding hydrogens is 410 g/mol. The fraction of sp³-hybridized carbons (Fsp3) is 0.0370. The smallest absolute Gasteiger partial charge is 0.238 e. The fourth-order valence-corrected chi connectivity index (χ4v) is 4.20. The number of aliphatic imine (C=N–C) groups is 1. The topological polar surface area (TPSA) is 71.7 Å². The molecule has 6 heteroatoms. The van der Waals surface area contributed by atoms with Gasteiger partial charge in [-0.05, 0) is 35.4 Å². The van der Waals surface area contributed by atoms with Crippen LogP contribution in [0, 0.1) is 0 Å². The maximum absolute atomic E-state index is 13.0. The van der Waals surface area contributed by atoms with E-state index in [2.05, 4.69) is 15.3 Å². The number of nitrogens with zero attached hydrogens (tertiary/aromatic N) is 4. The van der Waals surface area contributed by atoms with Crippen LogP contribution in [0.4, 0.5) is 11.4 Å². The summed E-state index contributed by atoms with van der Waals surface area (Å²) in [5.41, 5.74) is 6.02. The van der Waals surface area contributed by atoms with Crippen LogP contribution in [0.3, 0.4) is 0 Å². The van der Waals surface area contributed by atoms with E-state index in [9.17, 15) is 4.79 Å². The quantitative estimate of drug-likeness (QED) is 0.397. The van der Waals surface area contributed by atoms with Crippen LogP contribution in [0.15, 0.2) is 109 Å². The number of hydrogen-bond acceptors (Lipinski definition) is 4. The zero-order valence-electron chi connectivity index (χ0n) is 17.6.